The quantitative estimate of drug-likeness (QED) is 0.344. The van der Waals surface area contributed by atoms with E-state index in [-0.39, 0.29) is 23.8 Å². The maximum Gasteiger partial charge on any atom is 0.220 e. The summed E-state index contributed by atoms with van der Waals surface area (Å²) in [6, 6.07) is 15.4. The Labute approximate surface area is 203 Å². The van der Waals surface area contributed by atoms with Crippen LogP contribution in [0.3, 0.4) is 0 Å². The van der Waals surface area contributed by atoms with Gasteiger partial charge in [0.05, 0.1) is 12.7 Å². The normalized spacial score (nSPS) is 14.7. The van der Waals surface area contributed by atoms with Gasteiger partial charge in [0.25, 0.3) is 0 Å². The molecule has 1 N–H and O–H groups in total. The number of likely N-dealkylation sites (tertiary alicyclic amines) is 1. The van der Waals surface area contributed by atoms with Crippen molar-refractivity contribution in [1.29, 1.82) is 0 Å². The van der Waals surface area contributed by atoms with E-state index in [0.29, 0.717) is 30.8 Å². The molecule has 6 heteroatoms. The van der Waals surface area contributed by atoms with Crippen molar-refractivity contribution in [2.24, 2.45) is 0 Å². The Balaban J connectivity index is 1.47. The highest BCUT2D eigenvalue weighted by Crippen LogP contribution is 2.17. The molecule has 2 aromatic rings. The van der Waals surface area contributed by atoms with Crippen LogP contribution in [0.4, 0.5) is 0 Å². The average Bonchev–Trinajstić information content (AvgIpc) is 3.31. The van der Waals surface area contributed by atoms with E-state index in [0.717, 1.165) is 31.8 Å². The van der Waals surface area contributed by atoms with Crippen LogP contribution in [0.15, 0.2) is 48.5 Å². The first-order valence-corrected chi connectivity index (χ1v) is 12.4. The summed E-state index contributed by atoms with van der Waals surface area (Å²) in [5.74, 6) is 1.67. The third-order valence-electron chi connectivity index (χ3n) is 5.90. The fourth-order valence-electron chi connectivity index (χ4n) is 4.21. The summed E-state index contributed by atoms with van der Waals surface area (Å²) in [6.07, 6.45) is 4.46. The van der Waals surface area contributed by atoms with E-state index in [2.05, 4.69) is 22.3 Å². The van der Waals surface area contributed by atoms with Crippen LogP contribution < -0.4 is 14.8 Å². The maximum absolute atomic E-state index is 12.7. The fraction of sp³-hybridized carbons (Fsp3) is 0.500. The van der Waals surface area contributed by atoms with E-state index >= 15 is 0 Å². The molecular weight excluding hydrogens is 428 g/mol. The van der Waals surface area contributed by atoms with E-state index in [1.165, 1.54) is 18.4 Å². The summed E-state index contributed by atoms with van der Waals surface area (Å²) in [5, 5.41) is 3.25. The summed E-state index contributed by atoms with van der Waals surface area (Å²) in [7, 11) is 0. The largest absolute Gasteiger partial charge is 0.494 e. The lowest BCUT2D eigenvalue weighted by Gasteiger charge is -2.25. The number of hydrogen-bond acceptors (Lipinski definition) is 5. The van der Waals surface area contributed by atoms with Crippen LogP contribution in [0.1, 0.15) is 62.4 Å². The lowest BCUT2D eigenvalue weighted by atomic mass is 10.0. The van der Waals surface area contributed by atoms with Crippen molar-refractivity contribution in [3.8, 4) is 11.5 Å². The van der Waals surface area contributed by atoms with Crippen molar-refractivity contribution < 1.29 is 19.1 Å². The molecule has 0 bridgehead atoms. The van der Waals surface area contributed by atoms with Crippen LogP contribution in [0.25, 0.3) is 0 Å². The van der Waals surface area contributed by atoms with Gasteiger partial charge in [0, 0.05) is 24.6 Å². The van der Waals surface area contributed by atoms with Gasteiger partial charge in [0.1, 0.15) is 11.5 Å². The molecule has 1 atom stereocenters. The van der Waals surface area contributed by atoms with Crippen molar-refractivity contribution in [1.82, 2.24) is 10.2 Å². The molecule has 1 aliphatic heterocycles. The minimum absolute atomic E-state index is 0.0338. The molecule has 184 valence electrons. The molecule has 1 heterocycles. The van der Waals surface area contributed by atoms with Crippen LogP contribution in [0, 0.1) is 0 Å². The highest BCUT2D eigenvalue weighted by Gasteiger charge is 2.20. The minimum atomic E-state index is 0.0338. The molecule has 6 nitrogen and oxygen atoms in total. The number of carbonyl (C=O) groups excluding carboxylic acids is 2. The van der Waals surface area contributed by atoms with Gasteiger partial charge in [0.15, 0.2) is 5.78 Å². The van der Waals surface area contributed by atoms with Crippen molar-refractivity contribution in [2.75, 3.05) is 26.2 Å². The number of ether oxygens (including phenoxy) is 2. The minimum Gasteiger partial charge on any atom is -0.494 e. The van der Waals surface area contributed by atoms with Crippen molar-refractivity contribution in [3.63, 3.8) is 0 Å². The molecule has 2 aromatic carbocycles. The van der Waals surface area contributed by atoms with Crippen LogP contribution in [0.2, 0.25) is 0 Å². The molecular formula is C28H38N2O4. The Bertz CT molecular complexity index is 903. The van der Waals surface area contributed by atoms with Gasteiger partial charge in [-0.3, -0.25) is 9.59 Å². The van der Waals surface area contributed by atoms with E-state index in [4.69, 9.17) is 9.47 Å². The van der Waals surface area contributed by atoms with E-state index in [1.54, 1.807) is 31.2 Å². The second-order valence-corrected chi connectivity index (χ2v) is 9.32. The zero-order valence-corrected chi connectivity index (χ0v) is 20.7. The molecule has 0 spiro atoms. The Morgan fingerprint density at radius 3 is 2.24 bits per heavy atom. The van der Waals surface area contributed by atoms with Gasteiger partial charge in [-0.2, -0.15) is 0 Å². The number of carbonyl (C=O) groups is 2. The van der Waals surface area contributed by atoms with E-state index in [9.17, 15) is 9.59 Å². The lowest BCUT2D eigenvalue weighted by Crippen LogP contribution is -2.44. The van der Waals surface area contributed by atoms with Gasteiger partial charge in [-0.25, -0.2) is 0 Å². The van der Waals surface area contributed by atoms with Gasteiger partial charge >= 0.3 is 0 Å². The van der Waals surface area contributed by atoms with Gasteiger partial charge in [0.2, 0.25) is 5.91 Å². The Kier molecular flexibility index (Phi) is 9.95. The fourth-order valence-corrected chi connectivity index (χ4v) is 4.21. The summed E-state index contributed by atoms with van der Waals surface area (Å²) in [5.41, 5.74) is 1.86. The molecule has 3 rings (SSSR count). The lowest BCUT2D eigenvalue weighted by molar-refractivity contribution is -0.122. The predicted molar refractivity (Wildman–Crippen MR) is 135 cm³/mol. The topological polar surface area (TPSA) is 67.9 Å². The summed E-state index contributed by atoms with van der Waals surface area (Å²) >= 11 is 0. The van der Waals surface area contributed by atoms with Gasteiger partial charge in [-0.05, 0) is 102 Å². The van der Waals surface area contributed by atoms with E-state index in [1.807, 2.05) is 26.0 Å². The average molecular weight is 467 g/mol. The first-order valence-electron chi connectivity index (χ1n) is 12.4. The monoisotopic (exact) mass is 466 g/mol. The number of benzene rings is 2. The van der Waals surface area contributed by atoms with Crippen molar-refractivity contribution in [2.45, 2.75) is 65.0 Å². The van der Waals surface area contributed by atoms with Crippen LogP contribution in [0.5, 0.6) is 11.5 Å². The highest BCUT2D eigenvalue weighted by molar-refractivity contribution is 5.94. The molecule has 0 saturated carbocycles. The maximum atomic E-state index is 12.7. The number of hydrogen-bond donors (Lipinski definition) is 1. The molecule has 0 aromatic heterocycles. The van der Waals surface area contributed by atoms with Gasteiger partial charge in [-0.15, -0.1) is 0 Å². The Morgan fingerprint density at radius 1 is 0.971 bits per heavy atom. The number of amides is 1. The van der Waals surface area contributed by atoms with Gasteiger partial charge in [-0.1, -0.05) is 12.1 Å². The number of Topliss-reactive ketones (excluding diaryl/α,β-unsaturated/α-hetero) is 1. The Hall–Kier alpha value is -2.86. The first-order chi connectivity index (χ1) is 16.4. The second-order valence-electron chi connectivity index (χ2n) is 9.32. The third-order valence-corrected chi connectivity index (χ3v) is 5.90. The smallest absolute Gasteiger partial charge is 0.220 e. The second kappa shape index (κ2) is 13.1. The number of ketones is 1. The zero-order valence-electron chi connectivity index (χ0n) is 20.7. The number of nitrogens with zero attached hydrogens (tertiary/aromatic N) is 1. The first kappa shape index (κ1) is 25.8. The molecule has 1 saturated heterocycles. The summed E-state index contributed by atoms with van der Waals surface area (Å²) in [4.78, 5) is 26.5. The standard InChI is InChI=1S/C28H38N2O4/c1-21(2)34-27-12-8-23(9-13-27)19-25(20-30-16-4-5-17-30)29-28(32)7-6-18-33-26-14-10-24(11-15-26)22(3)31/h8-15,21,25H,4-7,16-20H2,1-3H3,(H,29,32)/t25-/m0/s1. The zero-order chi connectivity index (χ0) is 24.3. The highest BCUT2D eigenvalue weighted by atomic mass is 16.5. The molecule has 0 aliphatic carbocycles. The predicted octanol–water partition coefficient (Wildman–Crippen LogP) is 4.66. The molecule has 0 unspecified atom stereocenters. The van der Waals surface area contributed by atoms with Crippen LogP contribution >= 0.6 is 0 Å². The molecule has 1 amide bonds. The molecule has 1 aliphatic rings. The number of rotatable bonds is 13. The van der Waals surface area contributed by atoms with Crippen molar-refractivity contribution in [3.05, 3.63) is 59.7 Å². The molecule has 34 heavy (non-hydrogen) atoms. The molecule has 1 fully saturated rings. The number of nitrogens with one attached hydrogen (secondary N) is 1. The summed E-state index contributed by atoms with van der Waals surface area (Å²) < 4.78 is 11.5. The SMILES string of the molecule is CC(=O)c1ccc(OCCCC(=O)N[C@@H](Cc2ccc(OC(C)C)cc2)CN2CCCC2)cc1. The summed E-state index contributed by atoms with van der Waals surface area (Å²) in [6.45, 7) is 9.11. The van der Waals surface area contributed by atoms with Gasteiger partial charge < -0.3 is 19.7 Å². The molecule has 0 radical (unpaired) electrons. The van der Waals surface area contributed by atoms with Crippen LogP contribution in [-0.2, 0) is 11.2 Å². The van der Waals surface area contributed by atoms with E-state index < -0.39 is 0 Å². The van der Waals surface area contributed by atoms with Crippen molar-refractivity contribution >= 4 is 11.7 Å². The Morgan fingerprint density at radius 2 is 1.62 bits per heavy atom. The third kappa shape index (κ3) is 8.82. The van der Waals surface area contributed by atoms with Crippen LogP contribution in [-0.4, -0.2) is 55.0 Å².